The zero-order valence-electron chi connectivity index (χ0n) is 12.1. The van der Waals surface area contributed by atoms with Crippen LogP contribution in [0.3, 0.4) is 0 Å². The normalized spacial score (nSPS) is 12.0. The Morgan fingerprint density at radius 2 is 2.21 bits per heavy atom. The van der Waals surface area contributed by atoms with Crippen LogP contribution >= 0.6 is 11.8 Å². The van der Waals surface area contributed by atoms with Crippen LogP contribution in [-0.4, -0.2) is 38.1 Å². The third-order valence-corrected chi connectivity index (χ3v) is 4.00. The number of benzene rings is 1. The van der Waals surface area contributed by atoms with Gasteiger partial charge in [-0.3, -0.25) is 4.79 Å². The van der Waals surface area contributed by atoms with Crippen molar-refractivity contribution in [1.82, 2.24) is 5.32 Å². The Morgan fingerprint density at radius 1 is 1.53 bits per heavy atom. The van der Waals surface area contributed by atoms with E-state index < -0.39 is 0 Å². The SMILES string of the molecule is CCC(CSC)N(C)c1cc(C(=O)NC)ccc1N. The van der Waals surface area contributed by atoms with Gasteiger partial charge in [-0.05, 0) is 30.9 Å². The number of rotatable bonds is 6. The van der Waals surface area contributed by atoms with Gasteiger partial charge < -0.3 is 16.0 Å². The standard InChI is InChI=1S/C14H23N3OS/c1-5-11(9-19-4)17(3)13-8-10(14(18)16-2)6-7-12(13)15/h6-8,11H,5,9,15H2,1-4H3,(H,16,18). The Balaban J connectivity index is 3.06. The molecule has 0 aliphatic rings. The van der Waals surface area contributed by atoms with E-state index >= 15 is 0 Å². The van der Waals surface area contributed by atoms with E-state index in [1.807, 2.05) is 24.9 Å². The molecule has 0 aromatic heterocycles. The number of anilines is 2. The first-order valence-electron chi connectivity index (χ1n) is 6.38. The van der Waals surface area contributed by atoms with Crippen LogP contribution in [0.5, 0.6) is 0 Å². The molecule has 19 heavy (non-hydrogen) atoms. The molecular formula is C14H23N3OS. The molecule has 0 saturated heterocycles. The maximum Gasteiger partial charge on any atom is 0.251 e. The van der Waals surface area contributed by atoms with Gasteiger partial charge in [0.25, 0.3) is 5.91 Å². The smallest absolute Gasteiger partial charge is 0.251 e. The predicted molar refractivity (Wildman–Crippen MR) is 85.1 cm³/mol. The second kappa shape index (κ2) is 7.28. The molecule has 0 spiro atoms. The minimum Gasteiger partial charge on any atom is -0.397 e. The molecule has 0 radical (unpaired) electrons. The summed E-state index contributed by atoms with van der Waals surface area (Å²) in [4.78, 5) is 13.9. The number of hydrogen-bond acceptors (Lipinski definition) is 4. The van der Waals surface area contributed by atoms with Gasteiger partial charge in [0.15, 0.2) is 0 Å². The van der Waals surface area contributed by atoms with E-state index in [1.54, 1.807) is 19.2 Å². The van der Waals surface area contributed by atoms with Crippen molar-refractivity contribution in [3.05, 3.63) is 23.8 Å². The molecule has 0 saturated carbocycles. The summed E-state index contributed by atoms with van der Waals surface area (Å²) in [6.07, 6.45) is 3.14. The van der Waals surface area contributed by atoms with Crippen LogP contribution in [0.1, 0.15) is 23.7 Å². The summed E-state index contributed by atoms with van der Waals surface area (Å²) in [7, 11) is 3.66. The molecule has 106 valence electrons. The number of nitrogen functional groups attached to an aromatic ring is 1. The lowest BCUT2D eigenvalue weighted by molar-refractivity contribution is 0.0963. The zero-order chi connectivity index (χ0) is 14.4. The van der Waals surface area contributed by atoms with Gasteiger partial charge in [0.1, 0.15) is 0 Å². The quantitative estimate of drug-likeness (QED) is 0.785. The maximum atomic E-state index is 11.7. The van der Waals surface area contributed by atoms with Crippen molar-refractivity contribution in [3.63, 3.8) is 0 Å². The second-order valence-corrected chi connectivity index (χ2v) is 5.39. The monoisotopic (exact) mass is 281 g/mol. The van der Waals surface area contributed by atoms with E-state index in [2.05, 4.69) is 23.4 Å². The van der Waals surface area contributed by atoms with Gasteiger partial charge in [-0.2, -0.15) is 11.8 Å². The molecule has 0 bridgehead atoms. The van der Waals surface area contributed by atoms with Gasteiger partial charge in [0, 0.05) is 31.5 Å². The van der Waals surface area contributed by atoms with Gasteiger partial charge in [-0.1, -0.05) is 6.92 Å². The molecule has 1 amide bonds. The van der Waals surface area contributed by atoms with Gasteiger partial charge in [-0.15, -0.1) is 0 Å². The molecule has 3 N–H and O–H groups in total. The number of hydrogen-bond donors (Lipinski definition) is 2. The highest BCUT2D eigenvalue weighted by Crippen LogP contribution is 2.27. The summed E-state index contributed by atoms with van der Waals surface area (Å²) in [6, 6.07) is 5.82. The average molecular weight is 281 g/mol. The molecule has 0 aliphatic heterocycles. The molecule has 1 aromatic carbocycles. The van der Waals surface area contributed by atoms with E-state index in [4.69, 9.17) is 5.73 Å². The van der Waals surface area contributed by atoms with Crippen LogP contribution in [0, 0.1) is 0 Å². The molecule has 0 fully saturated rings. The van der Waals surface area contributed by atoms with Crippen molar-refractivity contribution in [2.24, 2.45) is 0 Å². The van der Waals surface area contributed by atoms with Crippen molar-refractivity contribution in [1.29, 1.82) is 0 Å². The fourth-order valence-corrected chi connectivity index (χ4v) is 2.87. The molecule has 0 aliphatic carbocycles. The molecule has 1 atom stereocenters. The Bertz CT molecular complexity index is 437. The maximum absolute atomic E-state index is 11.7. The summed E-state index contributed by atoms with van der Waals surface area (Å²) in [5.74, 6) is 0.948. The topological polar surface area (TPSA) is 58.4 Å². The summed E-state index contributed by atoms with van der Waals surface area (Å²) >= 11 is 1.82. The lowest BCUT2D eigenvalue weighted by atomic mass is 10.1. The van der Waals surface area contributed by atoms with Crippen LogP contribution in [0.2, 0.25) is 0 Å². The summed E-state index contributed by atoms with van der Waals surface area (Å²) < 4.78 is 0. The van der Waals surface area contributed by atoms with Crippen molar-refractivity contribution in [3.8, 4) is 0 Å². The first-order chi connectivity index (χ1) is 9.04. The molecule has 4 nitrogen and oxygen atoms in total. The summed E-state index contributed by atoms with van der Waals surface area (Å²) in [6.45, 7) is 2.16. The Morgan fingerprint density at radius 3 is 2.74 bits per heavy atom. The number of nitrogens with one attached hydrogen (secondary N) is 1. The van der Waals surface area contributed by atoms with Crippen molar-refractivity contribution >= 4 is 29.0 Å². The van der Waals surface area contributed by atoms with Gasteiger partial charge in [-0.25, -0.2) is 0 Å². The first kappa shape index (κ1) is 15.7. The largest absolute Gasteiger partial charge is 0.397 e. The number of nitrogens with zero attached hydrogens (tertiary/aromatic N) is 1. The van der Waals surface area contributed by atoms with Crippen molar-refractivity contribution < 1.29 is 4.79 Å². The van der Waals surface area contributed by atoms with Gasteiger partial charge in [0.2, 0.25) is 0 Å². The van der Waals surface area contributed by atoms with Crippen LogP contribution in [0.15, 0.2) is 18.2 Å². The van der Waals surface area contributed by atoms with E-state index in [9.17, 15) is 4.79 Å². The zero-order valence-corrected chi connectivity index (χ0v) is 12.9. The number of carbonyl (C=O) groups is 1. The fourth-order valence-electron chi connectivity index (χ4n) is 2.03. The van der Waals surface area contributed by atoms with E-state index in [0.717, 1.165) is 17.9 Å². The predicted octanol–water partition coefficient (Wildman–Crippen LogP) is 2.21. The highest BCUT2D eigenvalue weighted by atomic mass is 32.2. The number of amides is 1. The highest BCUT2D eigenvalue weighted by Gasteiger charge is 2.16. The van der Waals surface area contributed by atoms with Crippen LogP contribution < -0.4 is 16.0 Å². The van der Waals surface area contributed by atoms with Crippen molar-refractivity contribution in [2.45, 2.75) is 19.4 Å². The van der Waals surface area contributed by atoms with Gasteiger partial charge >= 0.3 is 0 Å². The molecule has 1 unspecified atom stereocenters. The minimum atomic E-state index is -0.0902. The third kappa shape index (κ3) is 3.80. The molecule has 1 aromatic rings. The average Bonchev–Trinajstić information content (AvgIpc) is 2.43. The van der Waals surface area contributed by atoms with E-state index in [1.165, 1.54) is 0 Å². The fraction of sp³-hybridized carbons (Fsp3) is 0.500. The lowest BCUT2D eigenvalue weighted by Crippen LogP contribution is -2.34. The van der Waals surface area contributed by atoms with Crippen molar-refractivity contribution in [2.75, 3.05) is 36.7 Å². The van der Waals surface area contributed by atoms with E-state index in [0.29, 0.717) is 17.3 Å². The third-order valence-electron chi connectivity index (χ3n) is 3.28. The Hall–Kier alpha value is -1.36. The lowest BCUT2D eigenvalue weighted by Gasteiger charge is -2.30. The molecular weight excluding hydrogens is 258 g/mol. The first-order valence-corrected chi connectivity index (χ1v) is 7.77. The van der Waals surface area contributed by atoms with Crippen LogP contribution in [0.4, 0.5) is 11.4 Å². The second-order valence-electron chi connectivity index (χ2n) is 4.48. The Labute approximate surface area is 119 Å². The molecule has 5 heteroatoms. The minimum absolute atomic E-state index is 0.0902. The van der Waals surface area contributed by atoms with Gasteiger partial charge in [0.05, 0.1) is 11.4 Å². The van der Waals surface area contributed by atoms with E-state index in [-0.39, 0.29) is 5.91 Å². The van der Waals surface area contributed by atoms with Crippen LogP contribution in [-0.2, 0) is 0 Å². The molecule has 1 rings (SSSR count). The molecule has 0 heterocycles. The summed E-state index contributed by atoms with van der Waals surface area (Å²) in [5.41, 5.74) is 8.30. The Kier molecular flexibility index (Phi) is 6.02. The van der Waals surface area contributed by atoms with Crippen LogP contribution in [0.25, 0.3) is 0 Å². The number of thioether (sulfide) groups is 1. The highest BCUT2D eigenvalue weighted by molar-refractivity contribution is 7.98. The number of carbonyl (C=O) groups excluding carboxylic acids is 1. The summed E-state index contributed by atoms with van der Waals surface area (Å²) in [5, 5.41) is 2.63. The number of nitrogens with two attached hydrogens (primary N) is 1.